The van der Waals surface area contributed by atoms with Crippen LogP contribution in [-0.4, -0.2) is 24.2 Å². The lowest BCUT2D eigenvalue weighted by Gasteiger charge is -2.10. The second-order valence-corrected chi connectivity index (χ2v) is 5.67. The Bertz CT molecular complexity index is 653. The first-order valence-electron chi connectivity index (χ1n) is 6.66. The van der Waals surface area contributed by atoms with Crippen LogP contribution >= 0.6 is 15.9 Å². The smallest absolute Gasteiger partial charge is 0.408 e. The second-order valence-electron chi connectivity index (χ2n) is 4.56. The van der Waals surface area contributed by atoms with Crippen LogP contribution in [0.1, 0.15) is 23.7 Å². The fraction of sp³-hybridized carbons (Fsp3) is 0.500. The molecule has 4 nitrogen and oxygen atoms in total. The molecule has 0 amide bonds. The van der Waals surface area contributed by atoms with Gasteiger partial charge in [-0.25, -0.2) is 13.6 Å². The molecule has 2 aromatic rings. The average molecular weight is 364 g/mol. The number of alkyl halides is 3. The number of rotatable bonds is 7. The van der Waals surface area contributed by atoms with E-state index < -0.39 is 13.0 Å². The van der Waals surface area contributed by atoms with E-state index in [0.29, 0.717) is 18.5 Å². The van der Waals surface area contributed by atoms with Crippen LogP contribution < -0.4 is 5.76 Å². The van der Waals surface area contributed by atoms with Crippen molar-refractivity contribution in [2.75, 3.05) is 13.2 Å². The third-order valence-electron chi connectivity index (χ3n) is 3.13. The number of nitrogens with zero attached hydrogens (tertiary/aromatic N) is 1. The van der Waals surface area contributed by atoms with Crippen LogP contribution in [0.5, 0.6) is 0 Å². The van der Waals surface area contributed by atoms with E-state index in [1.807, 2.05) is 19.1 Å². The predicted octanol–water partition coefficient (Wildman–Crippen LogP) is 3.72. The zero-order chi connectivity index (χ0) is 15.4. The fourth-order valence-corrected chi connectivity index (χ4v) is 2.57. The van der Waals surface area contributed by atoms with Gasteiger partial charge in [-0.15, -0.1) is 0 Å². The summed E-state index contributed by atoms with van der Waals surface area (Å²) in [5, 5.41) is 0. The van der Waals surface area contributed by atoms with Crippen molar-refractivity contribution < 1.29 is 17.9 Å². The standard InChI is InChI=1S/C14H16BrF2NO3/c1-2-18-11-4-3-9(7-12(11)21-14(18)19)10(15)5-6-20-8-13(16)17/h3-4,7,10,13H,2,5-6,8H2,1H3. The molecule has 0 radical (unpaired) electrons. The summed E-state index contributed by atoms with van der Waals surface area (Å²) in [7, 11) is 0. The minimum absolute atomic E-state index is 0.0464. The second kappa shape index (κ2) is 7.17. The summed E-state index contributed by atoms with van der Waals surface area (Å²) in [4.78, 5) is 11.6. The van der Waals surface area contributed by atoms with Crippen molar-refractivity contribution in [3.63, 3.8) is 0 Å². The van der Waals surface area contributed by atoms with E-state index >= 15 is 0 Å². The van der Waals surface area contributed by atoms with Crippen LogP contribution in [0.3, 0.4) is 0 Å². The largest absolute Gasteiger partial charge is 0.419 e. The highest BCUT2D eigenvalue weighted by Gasteiger charge is 2.13. The lowest BCUT2D eigenvalue weighted by atomic mass is 10.1. The van der Waals surface area contributed by atoms with Gasteiger partial charge in [0.1, 0.15) is 6.61 Å². The van der Waals surface area contributed by atoms with Crippen molar-refractivity contribution in [3.05, 3.63) is 34.3 Å². The molecule has 116 valence electrons. The van der Waals surface area contributed by atoms with Gasteiger partial charge in [0.25, 0.3) is 6.43 Å². The summed E-state index contributed by atoms with van der Waals surface area (Å²) < 4.78 is 35.5. The van der Waals surface area contributed by atoms with Crippen molar-refractivity contribution in [3.8, 4) is 0 Å². The molecule has 2 rings (SSSR count). The zero-order valence-corrected chi connectivity index (χ0v) is 13.1. The SMILES string of the molecule is CCn1c(=O)oc2cc(C(Br)CCOCC(F)F)ccc21. The first kappa shape index (κ1) is 16.2. The molecule has 0 spiro atoms. The fourth-order valence-electron chi connectivity index (χ4n) is 2.10. The Kier molecular flexibility index (Phi) is 5.52. The van der Waals surface area contributed by atoms with Gasteiger partial charge in [-0.1, -0.05) is 22.0 Å². The van der Waals surface area contributed by atoms with Crippen LogP contribution in [0.4, 0.5) is 8.78 Å². The number of fused-ring (bicyclic) bond motifs is 1. The van der Waals surface area contributed by atoms with Gasteiger partial charge < -0.3 is 9.15 Å². The Hall–Kier alpha value is -1.21. The van der Waals surface area contributed by atoms with Crippen LogP contribution in [0, 0.1) is 0 Å². The summed E-state index contributed by atoms with van der Waals surface area (Å²) in [5.41, 5.74) is 2.19. The maximum Gasteiger partial charge on any atom is 0.419 e. The minimum atomic E-state index is -2.45. The average Bonchev–Trinajstić information content (AvgIpc) is 2.77. The molecule has 0 N–H and O–H groups in total. The zero-order valence-electron chi connectivity index (χ0n) is 11.5. The number of aromatic nitrogens is 1. The Balaban J connectivity index is 2.06. The predicted molar refractivity (Wildman–Crippen MR) is 79.3 cm³/mol. The quantitative estimate of drug-likeness (QED) is 0.556. The molecule has 7 heteroatoms. The maximum absolute atomic E-state index is 11.9. The van der Waals surface area contributed by atoms with E-state index in [-0.39, 0.29) is 17.2 Å². The van der Waals surface area contributed by atoms with Crippen molar-refractivity contribution in [2.24, 2.45) is 0 Å². The number of aryl methyl sites for hydroxylation is 1. The number of hydrogen-bond donors (Lipinski definition) is 0. The van der Waals surface area contributed by atoms with Gasteiger partial charge in [0.05, 0.1) is 5.52 Å². The highest BCUT2D eigenvalue weighted by atomic mass is 79.9. The number of hydrogen-bond acceptors (Lipinski definition) is 3. The molecular weight excluding hydrogens is 348 g/mol. The van der Waals surface area contributed by atoms with Crippen molar-refractivity contribution >= 4 is 27.0 Å². The van der Waals surface area contributed by atoms with Crippen LogP contribution in [0.15, 0.2) is 27.4 Å². The van der Waals surface area contributed by atoms with Gasteiger partial charge in [-0.05, 0) is 31.0 Å². The highest BCUT2D eigenvalue weighted by molar-refractivity contribution is 9.09. The summed E-state index contributed by atoms with van der Waals surface area (Å²) in [6, 6.07) is 5.50. The molecule has 0 bridgehead atoms. The lowest BCUT2D eigenvalue weighted by molar-refractivity contribution is 0.0167. The molecule has 0 saturated carbocycles. The van der Waals surface area contributed by atoms with Gasteiger partial charge in [0.15, 0.2) is 5.58 Å². The molecule has 0 aliphatic carbocycles. The number of benzene rings is 1. The van der Waals surface area contributed by atoms with E-state index in [4.69, 9.17) is 9.15 Å². The van der Waals surface area contributed by atoms with Gasteiger partial charge in [-0.2, -0.15) is 0 Å². The number of halogens is 3. The summed E-state index contributed by atoms with van der Waals surface area (Å²) in [6.45, 7) is 2.10. The third kappa shape index (κ3) is 3.91. The first-order chi connectivity index (χ1) is 10.0. The van der Waals surface area contributed by atoms with Gasteiger partial charge in [-0.3, -0.25) is 4.57 Å². The Morgan fingerprint density at radius 3 is 2.86 bits per heavy atom. The molecule has 1 heterocycles. The molecule has 1 unspecified atom stereocenters. The molecular formula is C14H16BrF2NO3. The third-order valence-corrected chi connectivity index (χ3v) is 4.12. The van der Waals surface area contributed by atoms with Crippen LogP contribution in [-0.2, 0) is 11.3 Å². The van der Waals surface area contributed by atoms with E-state index in [9.17, 15) is 13.6 Å². The van der Waals surface area contributed by atoms with Gasteiger partial charge >= 0.3 is 5.76 Å². The van der Waals surface area contributed by atoms with E-state index in [1.165, 1.54) is 0 Å². The van der Waals surface area contributed by atoms with Crippen LogP contribution in [0.2, 0.25) is 0 Å². The highest BCUT2D eigenvalue weighted by Crippen LogP contribution is 2.29. The van der Waals surface area contributed by atoms with Gasteiger partial charge in [0, 0.05) is 18.0 Å². The normalized spacial score (nSPS) is 13.2. The van der Waals surface area contributed by atoms with E-state index in [2.05, 4.69) is 15.9 Å². The number of ether oxygens (including phenoxy) is 1. The topological polar surface area (TPSA) is 44.4 Å². The minimum Gasteiger partial charge on any atom is -0.408 e. The summed E-state index contributed by atoms with van der Waals surface area (Å²) in [6.07, 6.45) is -1.89. The van der Waals surface area contributed by atoms with Crippen molar-refractivity contribution in [2.45, 2.75) is 31.1 Å². The summed E-state index contributed by atoms with van der Waals surface area (Å²) in [5.74, 6) is -0.379. The monoisotopic (exact) mass is 363 g/mol. The lowest BCUT2D eigenvalue weighted by Crippen LogP contribution is -2.11. The van der Waals surface area contributed by atoms with Gasteiger partial charge in [0.2, 0.25) is 0 Å². The maximum atomic E-state index is 11.9. The Morgan fingerprint density at radius 1 is 1.43 bits per heavy atom. The first-order valence-corrected chi connectivity index (χ1v) is 7.57. The van der Waals surface area contributed by atoms with Crippen molar-refractivity contribution in [1.29, 1.82) is 0 Å². The molecule has 0 aliphatic heterocycles. The molecule has 0 aliphatic rings. The Morgan fingerprint density at radius 2 is 2.19 bits per heavy atom. The molecule has 1 aromatic heterocycles. The van der Waals surface area contributed by atoms with Crippen LogP contribution in [0.25, 0.3) is 11.1 Å². The molecule has 1 aromatic carbocycles. The Labute approximate surface area is 128 Å². The molecule has 0 fully saturated rings. The molecule has 0 saturated heterocycles. The molecule has 21 heavy (non-hydrogen) atoms. The van der Waals surface area contributed by atoms with E-state index in [0.717, 1.165) is 11.1 Å². The number of oxazole rings is 1. The summed E-state index contributed by atoms with van der Waals surface area (Å²) >= 11 is 3.49. The van der Waals surface area contributed by atoms with Crippen molar-refractivity contribution in [1.82, 2.24) is 4.57 Å². The van der Waals surface area contributed by atoms with E-state index in [1.54, 1.807) is 10.6 Å². The molecule has 1 atom stereocenters.